The van der Waals surface area contributed by atoms with Crippen molar-refractivity contribution in [2.75, 3.05) is 13.6 Å². The molecule has 2 aromatic carbocycles. The molecule has 0 amide bonds. The molecule has 1 N–H and O–H groups in total. The zero-order valence-electron chi connectivity index (χ0n) is 11.9. The second kappa shape index (κ2) is 8.06. The van der Waals surface area contributed by atoms with Gasteiger partial charge in [0.2, 0.25) is 0 Å². The molecule has 0 aromatic heterocycles. The second-order valence-electron chi connectivity index (χ2n) is 5.19. The molecule has 0 aliphatic carbocycles. The van der Waals surface area contributed by atoms with Gasteiger partial charge in [-0.3, -0.25) is 0 Å². The normalized spacial score (nSPS) is 12.4. The highest BCUT2D eigenvalue weighted by molar-refractivity contribution is 9.10. The van der Waals surface area contributed by atoms with Crippen molar-refractivity contribution in [1.29, 1.82) is 0 Å². The third-order valence-electron chi connectivity index (χ3n) is 3.45. The molecular formula is C17H18Br2FN. The standard InChI is InChI=1S/C17H18Br2FN/c1-21-11-13(8-12-2-4-15(18)5-3-12)9-14-10-16(19)6-7-17(14)20/h2-7,10,13,21H,8-9,11H2,1H3. The van der Waals surface area contributed by atoms with E-state index >= 15 is 0 Å². The van der Waals surface area contributed by atoms with Gasteiger partial charge in [0.05, 0.1) is 0 Å². The average Bonchev–Trinajstić information content (AvgIpc) is 2.45. The van der Waals surface area contributed by atoms with E-state index < -0.39 is 0 Å². The van der Waals surface area contributed by atoms with Crippen LogP contribution in [0.1, 0.15) is 11.1 Å². The average molecular weight is 415 g/mol. The lowest BCUT2D eigenvalue weighted by atomic mass is 9.92. The highest BCUT2D eigenvalue weighted by Crippen LogP contribution is 2.21. The minimum Gasteiger partial charge on any atom is -0.319 e. The van der Waals surface area contributed by atoms with Gasteiger partial charge in [-0.15, -0.1) is 0 Å². The van der Waals surface area contributed by atoms with E-state index in [0.29, 0.717) is 5.92 Å². The summed E-state index contributed by atoms with van der Waals surface area (Å²) >= 11 is 6.86. The first kappa shape index (κ1) is 16.7. The van der Waals surface area contributed by atoms with Crippen LogP contribution in [0.25, 0.3) is 0 Å². The molecule has 1 unspecified atom stereocenters. The molecule has 21 heavy (non-hydrogen) atoms. The van der Waals surface area contributed by atoms with Crippen LogP contribution in [0, 0.1) is 11.7 Å². The summed E-state index contributed by atoms with van der Waals surface area (Å²) in [6.07, 6.45) is 1.66. The lowest BCUT2D eigenvalue weighted by molar-refractivity contribution is 0.479. The first-order valence-electron chi connectivity index (χ1n) is 6.91. The summed E-state index contributed by atoms with van der Waals surface area (Å²) in [4.78, 5) is 0. The number of halogens is 3. The fraction of sp³-hybridized carbons (Fsp3) is 0.294. The van der Waals surface area contributed by atoms with Gasteiger partial charge in [-0.1, -0.05) is 44.0 Å². The van der Waals surface area contributed by atoms with Crippen LogP contribution < -0.4 is 5.32 Å². The fourth-order valence-electron chi connectivity index (χ4n) is 2.47. The number of hydrogen-bond donors (Lipinski definition) is 1. The molecular weight excluding hydrogens is 397 g/mol. The van der Waals surface area contributed by atoms with Gasteiger partial charge in [0.1, 0.15) is 5.82 Å². The van der Waals surface area contributed by atoms with Crippen LogP contribution in [-0.4, -0.2) is 13.6 Å². The summed E-state index contributed by atoms with van der Waals surface area (Å²) in [6.45, 7) is 0.863. The highest BCUT2D eigenvalue weighted by Gasteiger charge is 2.13. The zero-order valence-corrected chi connectivity index (χ0v) is 15.0. The summed E-state index contributed by atoms with van der Waals surface area (Å²) in [5.41, 5.74) is 2.04. The Kier molecular flexibility index (Phi) is 6.40. The Bertz CT molecular complexity index is 584. The summed E-state index contributed by atoms with van der Waals surface area (Å²) in [5.74, 6) is 0.232. The van der Waals surface area contributed by atoms with Gasteiger partial charge in [-0.05, 0) is 73.8 Å². The summed E-state index contributed by atoms with van der Waals surface area (Å²) in [7, 11) is 1.94. The van der Waals surface area contributed by atoms with E-state index in [1.807, 2.05) is 25.2 Å². The van der Waals surface area contributed by atoms with E-state index in [1.165, 1.54) is 11.6 Å². The Morgan fingerprint density at radius 2 is 1.67 bits per heavy atom. The SMILES string of the molecule is CNCC(Cc1ccc(Br)cc1)Cc1cc(Br)ccc1F. The lowest BCUT2D eigenvalue weighted by Gasteiger charge is -2.17. The molecule has 2 rings (SSSR count). The van der Waals surface area contributed by atoms with E-state index in [2.05, 4.69) is 49.3 Å². The van der Waals surface area contributed by atoms with Gasteiger partial charge in [0.25, 0.3) is 0 Å². The molecule has 0 bridgehead atoms. The van der Waals surface area contributed by atoms with E-state index in [1.54, 1.807) is 6.07 Å². The van der Waals surface area contributed by atoms with Gasteiger partial charge in [-0.2, -0.15) is 0 Å². The molecule has 4 heteroatoms. The van der Waals surface area contributed by atoms with Gasteiger partial charge in [-0.25, -0.2) is 4.39 Å². The zero-order chi connectivity index (χ0) is 15.2. The minimum absolute atomic E-state index is 0.130. The fourth-order valence-corrected chi connectivity index (χ4v) is 3.14. The summed E-state index contributed by atoms with van der Waals surface area (Å²) in [6, 6.07) is 13.5. The Balaban J connectivity index is 2.11. The smallest absolute Gasteiger partial charge is 0.126 e. The molecule has 0 radical (unpaired) electrons. The molecule has 0 saturated heterocycles. The van der Waals surface area contributed by atoms with Crippen molar-refractivity contribution < 1.29 is 4.39 Å². The van der Waals surface area contributed by atoms with Crippen LogP contribution >= 0.6 is 31.9 Å². The molecule has 1 atom stereocenters. The Morgan fingerprint density at radius 3 is 2.33 bits per heavy atom. The van der Waals surface area contributed by atoms with Gasteiger partial charge < -0.3 is 5.32 Å². The third kappa shape index (κ3) is 5.20. The maximum atomic E-state index is 13.9. The van der Waals surface area contributed by atoms with E-state index in [4.69, 9.17) is 0 Å². The minimum atomic E-state index is -0.130. The van der Waals surface area contributed by atoms with Crippen LogP contribution in [0.3, 0.4) is 0 Å². The van der Waals surface area contributed by atoms with Crippen molar-refractivity contribution in [2.45, 2.75) is 12.8 Å². The molecule has 112 valence electrons. The van der Waals surface area contributed by atoms with Crippen molar-refractivity contribution in [3.05, 3.63) is 68.4 Å². The van der Waals surface area contributed by atoms with Crippen molar-refractivity contribution >= 4 is 31.9 Å². The topological polar surface area (TPSA) is 12.0 Å². The van der Waals surface area contributed by atoms with Crippen LogP contribution in [0.4, 0.5) is 4.39 Å². The lowest BCUT2D eigenvalue weighted by Crippen LogP contribution is -2.23. The van der Waals surface area contributed by atoms with Crippen molar-refractivity contribution in [1.82, 2.24) is 5.32 Å². The molecule has 0 saturated carbocycles. The molecule has 0 aliphatic rings. The first-order chi connectivity index (χ1) is 10.1. The second-order valence-corrected chi connectivity index (χ2v) is 7.03. The third-order valence-corrected chi connectivity index (χ3v) is 4.47. The Labute approximate surface area is 142 Å². The van der Waals surface area contributed by atoms with E-state index in [9.17, 15) is 4.39 Å². The largest absolute Gasteiger partial charge is 0.319 e. The molecule has 0 spiro atoms. The molecule has 2 aromatic rings. The first-order valence-corrected chi connectivity index (χ1v) is 8.50. The van der Waals surface area contributed by atoms with E-state index in [-0.39, 0.29) is 5.82 Å². The van der Waals surface area contributed by atoms with Crippen molar-refractivity contribution in [2.24, 2.45) is 5.92 Å². The van der Waals surface area contributed by atoms with Crippen LogP contribution in [-0.2, 0) is 12.8 Å². The molecule has 1 nitrogen and oxygen atoms in total. The van der Waals surface area contributed by atoms with E-state index in [0.717, 1.165) is 33.9 Å². The van der Waals surface area contributed by atoms with Gasteiger partial charge in [0.15, 0.2) is 0 Å². The summed E-state index contributed by atoms with van der Waals surface area (Å²) < 4.78 is 15.9. The van der Waals surface area contributed by atoms with Crippen LogP contribution in [0.2, 0.25) is 0 Å². The number of benzene rings is 2. The number of nitrogens with one attached hydrogen (secondary N) is 1. The van der Waals surface area contributed by atoms with Gasteiger partial charge >= 0.3 is 0 Å². The molecule has 0 heterocycles. The number of hydrogen-bond acceptors (Lipinski definition) is 1. The highest BCUT2D eigenvalue weighted by atomic mass is 79.9. The molecule has 0 fully saturated rings. The van der Waals surface area contributed by atoms with Gasteiger partial charge in [0, 0.05) is 8.95 Å². The monoisotopic (exact) mass is 413 g/mol. The predicted molar refractivity (Wildman–Crippen MR) is 93.1 cm³/mol. The maximum Gasteiger partial charge on any atom is 0.126 e. The van der Waals surface area contributed by atoms with Crippen LogP contribution in [0.5, 0.6) is 0 Å². The predicted octanol–water partition coefficient (Wildman–Crippen LogP) is 4.97. The van der Waals surface area contributed by atoms with Crippen molar-refractivity contribution in [3.63, 3.8) is 0 Å². The van der Waals surface area contributed by atoms with Crippen molar-refractivity contribution in [3.8, 4) is 0 Å². The Morgan fingerprint density at radius 1 is 1.00 bits per heavy atom. The maximum absolute atomic E-state index is 13.9. The molecule has 0 aliphatic heterocycles. The summed E-state index contributed by atoms with van der Waals surface area (Å²) in [5, 5.41) is 3.21. The Hall–Kier alpha value is -0.710. The quantitative estimate of drug-likeness (QED) is 0.703. The number of rotatable bonds is 6. The van der Waals surface area contributed by atoms with Crippen LogP contribution in [0.15, 0.2) is 51.4 Å².